The Morgan fingerprint density at radius 3 is 2.68 bits per heavy atom. The first-order valence-electron chi connectivity index (χ1n) is 9.55. The van der Waals surface area contributed by atoms with Gasteiger partial charge in [-0.25, -0.2) is 10.5 Å². The largest absolute Gasteiger partial charge is 0.382 e. The van der Waals surface area contributed by atoms with Crippen LogP contribution in [-0.4, -0.2) is 34.2 Å². The number of nitrogens with zero attached hydrogens (tertiary/aromatic N) is 2. The van der Waals surface area contributed by atoms with Gasteiger partial charge in [-0.2, -0.15) is 0 Å². The molecule has 4 rings (SSSR count). The topological polar surface area (TPSA) is 99.2 Å². The van der Waals surface area contributed by atoms with E-state index in [-0.39, 0.29) is 0 Å². The highest BCUT2D eigenvalue weighted by Crippen LogP contribution is 2.33. The van der Waals surface area contributed by atoms with Crippen LogP contribution in [0.1, 0.15) is 34.5 Å². The Morgan fingerprint density at radius 2 is 1.86 bits per heavy atom. The molecule has 0 bridgehead atoms. The summed E-state index contributed by atoms with van der Waals surface area (Å²) in [4.78, 5) is 20.4. The summed E-state index contributed by atoms with van der Waals surface area (Å²) in [5, 5.41) is 16.7. The van der Waals surface area contributed by atoms with Crippen LogP contribution in [0.5, 0.6) is 0 Å². The van der Waals surface area contributed by atoms with Crippen LogP contribution >= 0.6 is 0 Å². The first kappa shape index (κ1) is 18.2. The number of aryl methyl sites for hydroxylation is 1. The molecule has 0 saturated heterocycles. The quantitative estimate of drug-likeness (QED) is 0.299. The van der Waals surface area contributed by atoms with E-state index in [0.717, 1.165) is 24.9 Å². The summed E-state index contributed by atoms with van der Waals surface area (Å²) >= 11 is 0. The number of carbonyl (C=O) groups is 1. The molecule has 1 aliphatic rings. The molecule has 1 aliphatic carbocycles. The lowest BCUT2D eigenvalue weighted by Gasteiger charge is -2.21. The highest BCUT2D eigenvalue weighted by Gasteiger charge is 2.17. The zero-order valence-electron chi connectivity index (χ0n) is 15.5. The number of nitrogens with one attached hydrogen (secondary N) is 3. The maximum atomic E-state index is 11.3. The van der Waals surface area contributed by atoms with Crippen LogP contribution in [-0.2, 0) is 12.8 Å². The van der Waals surface area contributed by atoms with E-state index in [0.29, 0.717) is 17.9 Å². The first-order valence-corrected chi connectivity index (χ1v) is 9.55. The number of fused-ring (bicyclic) bond motifs is 2. The van der Waals surface area contributed by atoms with Crippen molar-refractivity contribution < 1.29 is 10.0 Å². The minimum Gasteiger partial charge on any atom is -0.382 e. The van der Waals surface area contributed by atoms with Crippen LogP contribution in [0.4, 0.5) is 11.5 Å². The van der Waals surface area contributed by atoms with E-state index in [4.69, 9.17) is 10.2 Å². The van der Waals surface area contributed by atoms with Gasteiger partial charge in [0.05, 0.1) is 11.1 Å². The molecule has 2 heterocycles. The number of hydrogen-bond acceptors (Lipinski definition) is 6. The Balaban J connectivity index is 1.44. The van der Waals surface area contributed by atoms with Crippen molar-refractivity contribution >= 4 is 28.3 Å². The number of pyridine rings is 2. The molecule has 7 heteroatoms. The van der Waals surface area contributed by atoms with Crippen molar-refractivity contribution in [3.05, 3.63) is 59.4 Å². The lowest BCUT2D eigenvalue weighted by atomic mass is 9.92. The van der Waals surface area contributed by atoms with Crippen LogP contribution in [0.3, 0.4) is 0 Å². The Hall–Kier alpha value is -3.19. The molecular weight excluding hydrogens is 354 g/mol. The van der Waals surface area contributed by atoms with Gasteiger partial charge in [-0.1, -0.05) is 18.2 Å². The molecule has 1 amide bonds. The van der Waals surface area contributed by atoms with Gasteiger partial charge >= 0.3 is 0 Å². The van der Waals surface area contributed by atoms with Crippen LogP contribution in [0.2, 0.25) is 0 Å². The molecule has 0 radical (unpaired) electrons. The van der Waals surface area contributed by atoms with Crippen LogP contribution in [0.15, 0.2) is 42.6 Å². The number of hydrogen-bond donors (Lipinski definition) is 4. The summed E-state index contributed by atoms with van der Waals surface area (Å²) in [5.74, 6) is 0.105. The average Bonchev–Trinajstić information content (AvgIpc) is 2.75. The van der Waals surface area contributed by atoms with Crippen molar-refractivity contribution in [1.29, 1.82) is 0 Å². The molecule has 144 valence electrons. The van der Waals surface area contributed by atoms with E-state index < -0.39 is 5.91 Å². The number of amides is 1. The Labute approximate surface area is 163 Å². The van der Waals surface area contributed by atoms with Crippen molar-refractivity contribution in [1.82, 2.24) is 15.4 Å². The third-order valence-corrected chi connectivity index (χ3v) is 5.03. The fourth-order valence-electron chi connectivity index (χ4n) is 3.65. The molecule has 0 saturated carbocycles. The van der Waals surface area contributed by atoms with E-state index in [1.165, 1.54) is 41.4 Å². The van der Waals surface area contributed by atoms with Gasteiger partial charge in [-0.3, -0.25) is 15.0 Å². The average molecular weight is 377 g/mol. The maximum absolute atomic E-state index is 11.3. The van der Waals surface area contributed by atoms with Gasteiger partial charge in [0, 0.05) is 36.1 Å². The monoisotopic (exact) mass is 377 g/mol. The third-order valence-electron chi connectivity index (χ3n) is 5.03. The van der Waals surface area contributed by atoms with Gasteiger partial charge in [0.15, 0.2) is 0 Å². The van der Waals surface area contributed by atoms with Crippen molar-refractivity contribution in [2.24, 2.45) is 0 Å². The molecule has 0 fully saturated rings. The lowest BCUT2D eigenvalue weighted by molar-refractivity contribution is 0.0706. The highest BCUT2D eigenvalue weighted by molar-refractivity contribution is 5.94. The second-order valence-electron chi connectivity index (χ2n) is 6.86. The van der Waals surface area contributed by atoms with Crippen molar-refractivity contribution in [3.8, 4) is 0 Å². The van der Waals surface area contributed by atoms with E-state index in [1.807, 2.05) is 6.07 Å². The molecule has 1 aromatic carbocycles. The molecule has 0 spiro atoms. The smallest absolute Gasteiger partial charge is 0.276 e. The standard InChI is InChI=1S/C21H23N5O2/c27-21(26-28)14-9-10-19(24-13-14)22-11-12-23-20-15-5-1-3-7-17(15)25-18-8-4-2-6-16(18)20/h1,3,5,7,9-10,13,28H,2,4,6,8,11-12H2,(H,22,24)(H,23,25)(H,26,27). The minimum absolute atomic E-state index is 0.307. The number of benzene rings is 1. The molecule has 0 aliphatic heterocycles. The fraction of sp³-hybridized carbons (Fsp3) is 0.286. The Bertz CT molecular complexity index is 988. The zero-order chi connectivity index (χ0) is 19.3. The molecule has 0 atom stereocenters. The van der Waals surface area contributed by atoms with Gasteiger partial charge in [0.2, 0.25) is 0 Å². The van der Waals surface area contributed by atoms with Gasteiger partial charge in [-0.15, -0.1) is 0 Å². The van der Waals surface area contributed by atoms with Gasteiger partial charge in [-0.05, 0) is 49.4 Å². The predicted octanol–water partition coefficient (Wildman–Crippen LogP) is 3.15. The van der Waals surface area contributed by atoms with Crippen LogP contribution < -0.4 is 16.1 Å². The predicted molar refractivity (Wildman–Crippen MR) is 109 cm³/mol. The van der Waals surface area contributed by atoms with Crippen molar-refractivity contribution in [2.45, 2.75) is 25.7 Å². The normalized spacial score (nSPS) is 13.0. The third kappa shape index (κ3) is 3.75. The summed E-state index contributed by atoms with van der Waals surface area (Å²) in [7, 11) is 0. The highest BCUT2D eigenvalue weighted by atomic mass is 16.5. The van der Waals surface area contributed by atoms with E-state index in [2.05, 4.69) is 33.8 Å². The van der Waals surface area contributed by atoms with E-state index in [1.54, 1.807) is 17.6 Å². The lowest BCUT2D eigenvalue weighted by Crippen LogP contribution is -2.19. The Kier molecular flexibility index (Phi) is 5.34. The van der Waals surface area contributed by atoms with Crippen LogP contribution in [0.25, 0.3) is 10.9 Å². The summed E-state index contributed by atoms with van der Waals surface area (Å²) in [6, 6.07) is 11.6. The van der Waals surface area contributed by atoms with Crippen LogP contribution in [0, 0.1) is 0 Å². The van der Waals surface area contributed by atoms with Crippen molar-refractivity contribution in [3.63, 3.8) is 0 Å². The second kappa shape index (κ2) is 8.22. The first-order chi connectivity index (χ1) is 13.8. The van der Waals surface area contributed by atoms with Gasteiger partial charge < -0.3 is 10.6 Å². The number of hydroxylamine groups is 1. The number of para-hydroxylation sites is 1. The minimum atomic E-state index is -0.574. The summed E-state index contributed by atoms with van der Waals surface area (Å²) in [6.45, 7) is 1.42. The van der Waals surface area contributed by atoms with E-state index in [9.17, 15) is 4.79 Å². The van der Waals surface area contributed by atoms with Gasteiger partial charge in [0.1, 0.15) is 5.82 Å². The van der Waals surface area contributed by atoms with Crippen molar-refractivity contribution in [2.75, 3.05) is 23.7 Å². The summed E-state index contributed by atoms with van der Waals surface area (Å²) in [6.07, 6.45) is 5.95. The number of carbonyl (C=O) groups excluding carboxylic acids is 1. The summed E-state index contributed by atoms with van der Waals surface area (Å²) < 4.78 is 0. The molecule has 3 aromatic rings. The zero-order valence-corrected chi connectivity index (χ0v) is 15.5. The van der Waals surface area contributed by atoms with E-state index >= 15 is 0 Å². The molecule has 7 nitrogen and oxygen atoms in total. The second-order valence-corrected chi connectivity index (χ2v) is 6.86. The van der Waals surface area contributed by atoms with Gasteiger partial charge in [0.25, 0.3) is 5.91 Å². The molecule has 4 N–H and O–H groups in total. The molecular formula is C21H23N5O2. The maximum Gasteiger partial charge on any atom is 0.276 e. The Morgan fingerprint density at radius 1 is 1.04 bits per heavy atom. The summed E-state index contributed by atoms with van der Waals surface area (Å²) in [5.41, 5.74) is 6.71. The SMILES string of the molecule is O=C(NO)c1ccc(NCCNc2c3c(nc4ccccc24)CCCC3)nc1. The number of anilines is 2. The number of rotatable bonds is 6. The molecule has 0 unspecified atom stereocenters. The fourth-order valence-corrected chi connectivity index (χ4v) is 3.65. The number of aromatic nitrogens is 2. The molecule has 28 heavy (non-hydrogen) atoms. The molecule has 2 aromatic heterocycles.